The lowest BCUT2D eigenvalue weighted by Crippen LogP contribution is -2.13. The van der Waals surface area contributed by atoms with E-state index in [4.69, 9.17) is 9.84 Å². The molecule has 1 heterocycles. The standard InChI is InChI=1S/C17H11F3N2O4S/c1-26-12-6-8(2-4-10(12)17(18,19)20)14(23)22-16-21-11-5-3-9(15(24)25)7-13(11)27-16/h2-7H,1H3,(H,24,25)(H,21,22,23). The molecule has 140 valence electrons. The average molecular weight is 396 g/mol. The number of thiazole rings is 1. The lowest BCUT2D eigenvalue weighted by Gasteiger charge is -2.12. The number of hydrogen-bond acceptors (Lipinski definition) is 5. The fourth-order valence-electron chi connectivity index (χ4n) is 2.35. The number of rotatable bonds is 4. The number of carboxylic acids is 1. The van der Waals surface area contributed by atoms with Gasteiger partial charge in [-0.05, 0) is 36.4 Å². The zero-order valence-corrected chi connectivity index (χ0v) is 14.4. The fraction of sp³-hybridized carbons (Fsp3) is 0.118. The number of carboxylic acid groups (broad SMARTS) is 1. The van der Waals surface area contributed by atoms with Gasteiger partial charge in [0.2, 0.25) is 0 Å². The summed E-state index contributed by atoms with van der Waals surface area (Å²) < 4.78 is 44.0. The van der Waals surface area contributed by atoms with E-state index in [0.717, 1.165) is 36.6 Å². The van der Waals surface area contributed by atoms with E-state index in [1.165, 1.54) is 18.2 Å². The third-order valence-corrected chi connectivity index (χ3v) is 4.56. The minimum Gasteiger partial charge on any atom is -0.496 e. The zero-order valence-electron chi connectivity index (χ0n) is 13.6. The Morgan fingerprint density at radius 2 is 1.85 bits per heavy atom. The number of aromatic carboxylic acids is 1. The summed E-state index contributed by atoms with van der Waals surface area (Å²) in [6.07, 6.45) is -4.60. The molecule has 6 nitrogen and oxygen atoms in total. The maximum atomic E-state index is 12.9. The number of alkyl halides is 3. The number of benzene rings is 2. The van der Waals surface area contributed by atoms with E-state index in [9.17, 15) is 22.8 Å². The third-order valence-electron chi connectivity index (χ3n) is 3.62. The van der Waals surface area contributed by atoms with Crippen LogP contribution in [-0.4, -0.2) is 29.1 Å². The van der Waals surface area contributed by atoms with Crippen LogP contribution in [0.15, 0.2) is 36.4 Å². The SMILES string of the molecule is COc1cc(C(=O)Nc2nc3ccc(C(=O)O)cc3s2)ccc1C(F)(F)F. The predicted molar refractivity (Wildman–Crippen MR) is 92.5 cm³/mol. The molecule has 1 amide bonds. The molecule has 27 heavy (non-hydrogen) atoms. The highest BCUT2D eigenvalue weighted by Gasteiger charge is 2.34. The van der Waals surface area contributed by atoms with Gasteiger partial charge in [-0.25, -0.2) is 9.78 Å². The Hall–Kier alpha value is -3.14. The topological polar surface area (TPSA) is 88.5 Å². The van der Waals surface area contributed by atoms with Crippen LogP contribution in [0, 0.1) is 0 Å². The molecule has 2 N–H and O–H groups in total. The molecule has 0 aliphatic carbocycles. The van der Waals surface area contributed by atoms with E-state index in [-0.39, 0.29) is 16.3 Å². The molecule has 3 aromatic rings. The van der Waals surface area contributed by atoms with Crippen molar-refractivity contribution < 1.29 is 32.6 Å². The van der Waals surface area contributed by atoms with Gasteiger partial charge in [-0.2, -0.15) is 13.2 Å². The number of carbonyl (C=O) groups is 2. The number of ether oxygens (including phenoxy) is 1. The summed E-state index contributed by atoms with van der Waals surface area (Å²) in [4.78, 5) is 27.5. The normalized spacial score (nSPS) is 11.4. The van der Waals surface area contributed by atoms with Crippen LogP contribution in [0.4, 0.5) is 18.3 Å². The monoisotopic (exact) mass is 396 g/mol. The highest BCUT2D eigenvalue weighted by molar-refractivity contribution is 7.22. The first-order valence-corrected chi connectivity index (χ1v) is 8.21. The molecule has 3 rings (SSSR count). The number of nitrogens with one attached hydrogen (secondary N) is 1. The third kappa shape index (κ3) is 3.85. The van der Waals surface area contributed by atoms with Gasteiger partial charge in [0, 0.05) is 5.56 Å². The van der Waals surface area contributed by atoms with Gasteiger partial charge >= 0.3 is 12.1 Å². The maximum Gasteiger partial charge on any atom is 0.419 e. The largest absolute Gasteiger partial charge is 0.496 e. The molecule has 10 heteroatoms. The van der Waals surface area contributed by atoms with Crippen molar-refractivity contribution in [2.75, 3.05) is 12.4 Å². The van der Waals surface area contributed by atoms with Crippen LogP contribution in [0.25, 0.3) is 10.2 Å². The van der Waals surface area contributed by atoms with Crippen molar-refractivity contribution in [3.8, 4) is 5.75 Å². The van der Waals surface area contributed by atoms with Gasteiger partial charge in [0.15, 0.2) is 5.13 Å². The number of nitrogens with zero attached hydrogens (tertiary/aromatic N) is 1. The number of hydrogen-bond donors (Lipinski definition) is 2. The van der Waals surface area contributed by atoms with Crippen molar-refractivity contribution in [3.63, 3.8) is 0 Å². The van der Waals surface area contributed by atoms with Crippen molar-refractivity contribution in [1.29, 1.82) is 0 Å². The Balaban J connectivity index is 1.87. The number of aromatic nitrogens is 1. The number of fused-ring (bicyclic) bond motifs is 1. The molecule has 2 aromatic carbocycles. The van der Waals surface area contributed by atoms with Gasteiger partial charge < -0.3 is 9.84 Å². The molecule has 0 aliphatic heterocycles. The van der Waals surface area contributed by atoms with Gasteiger partial charge in [0.25, 0.3) is 5.91 Å². The molecule has 0 spiro atoms. The van der Waals surface area contributed by atoms with E-state index >= 15 is 0 Å². The summed E-state index contributed by atoms with van der Waals surface area (Å²) in [7, 11) is 1.08. The second-order valence-electron chi connectivity index (χ2n) is 5.37. The fourth-order valence-corrected chi connectivity index (χ4v) is 3.25. The number of halogens is 3. The lowest BCUT2D eigenvalue weighted by molar-refractivity contribution is -0.138. The van der Waals surface area contributed by atoms with Gasteiger partial charge in [-0.15, -0.1) is 0 Å². The molecule has 0 radical (unpaired) electrons. The predicted octanol–water partition coefficient (Wildman–Crippen LogP) is 4.27. The Labute approximate surface area is 154 Å². The number of amides is 1. The van der Waals surface area contributed by atoms with Crippen molar-refractivity contribution >= 4 is 38.6 Å². The molecule has 0 saturated heterocycles. The van der Waals surface area contributed by atoms with Crippen LogP contribution in [-0.2, 0) is 6.18 Å². The van der Waals surface area contributed by atoms with Gasteiger partial charge in [0.1, 0.15) is 5.75 Å². The first-order valence-electron chi connectivity index (χ1n) is 7.39. The van der Waals surface area contributed by atoms with Gasteiger partial charge in [0.05, 0.1) is 28.5 Å². The molecular formula is C17H11F3N2O4S. The van der Waals surface area contributed by atoms with E-state index in [2.05, 4.69) is 10.3 Å². The summed E-state index contributed by atoms with van der Waals surface area (Å²) in [5, 5.41) is 11.7. The molecule has 0 saturated carbocycles. The summed E-state index contributed by atoms with van der Waals surface area (Å²) in [5.74, 6) is -2.22. The second-order valence-corrected chi connectivity index (χ2v) is 6.40. The molecule has 0 fully saturated rings. The lowest BCUT2D eigenvalue weighted by atomic mass is 10.1. The van der Waals surface area contributed by atoms with Crippen molar-refractivity contribution in [2.24, 2.45) is 0 Å². The molecular weight excluding hydrogens is 385 g/mol. The second kappa shape index (κ2) is 6.88. The van der Waals surface area contributed by atoms with E-state index in [0.29, 0.717) is 10.2 Å². The number of carbonyl (C=O) groups excluding carboxylic acids is 1. The summed E-state index contributed by atoms with van der Waals surface area (Å²) in [6.45, 7) is 0. The van der Waals surface area contributed by atoms with Crippen LogP contribution < -0.4 is 10.1 Å². The van der Waals surface area contributed by atoms with Crippen molar-refractivity contribution in [3.05, 3.63) is 53.1 Å². The Morgan fingerprint density at radius 1 is 1.15 bits per heavy atom. The average Bonchev–Trinajstić information content (AvgIpc) is 3.01. The van der Waals surface area contributed by atoms with E-state index in [1.807, 2.05) is 0 Å². The van der Waals surface area contributed by atoms with Crippen LogP contribution in [0.5, 0.6) is 5.75 Å². The van der Waals surface area contributed by atoms with E-state index < -0.39 is 29.4 Å². The summed E-state index contributed by atoms with van der Waals surface area (Å²) in [5.41, 5.74) is -0.449. The van der Waals surface area contributed by atoms with E-state index in [1.54, 1.807) is 0 Å². The minimum atomic E-state index is -4.60. The van der Waals surface area contributed by atoms with Crippen LogP contribution >= 0.6 is 11.3 Å². The Kier molecular flexibility index (Phi) is 4.75. The molecule has 1 aromatic heterocycles. The first-order chi connectivity index (χ1) is 12.7. The highest BCUT2D eigenvalue weighted by Crippen LogP contribution is 2.36. The Morgan fingerprint density at radius 3 is 2.48 bits per heavy atom. The van der Waals surface area contributed by atoms with Crippen molar-refractivity contribution in [1.82, 2.24) is 4.98 Å². The van der Waals surface area contributed by atoms with Crippen LogP contribution in [0.3, 0.4) is 0 Å². The maximum absolute atomic E-state index is 12.9. The highest BCUT2D eigenvalue weighted by atomic mass is 32.1. The molecule has 0 atom stereocenters. The summed E-state index contributed by atoms with van der Waals surface area (Å²) in [6, 6.07) is 7.12. The summed E-state index contributed by atoms with van der Waals surface area (Å²) >= 11 is 1.05. The van der Waals surface area contributed by atoms with Gasteiger partial charge in [-0.3, -0.25) is 10.1 Å². The molecule has 0 bridgehead atoms. The first kappa shape index (κ1) is 18.6. The van der Waals surface area contributed by atoms with Crippen LogP contribution in [0.2, 0.25) is 0 Å². The molecule has 0 unspecified atom stereocenters. The van der Waals surface area contributed by atoms with Crippen molar-refractivity contribution in [2.45, 2.75) is 6.18 Å². The van der Waals surface area contributed by atoms with Crippen LogP contribution in [0.1, 0.15) is 26.3 Å². The Bertz CT molecular complexity index is 1050. The number of anilines is 1. The quantitative estimate of drug-likeness (QED) is 0.687. The minimum absolute atomic E-state index is 0.0367. The van der Waals surface area contributed by atoms with Gasteiger partial charge in [-0.1, -0.05) is 11.3 Å². The number of methoxy groups -OCH3 is 1. The zero-order chi connectivity index (χ0) is 19.8. The molecule has 0 aliphatic rings. The smallest absolute Gasteiger partial charge is 0.419 e.